The van der Waals surface area contributed by atoms with Crippen LogP contribution in [0.4, 0.5) is 5.69 Å². The Bertz CT molecular complexity index is 1030. The van der Waals surface area contributed by atoms with Crippen LogP contribution < -0.4 is 20.9 Å². The van der Waals surface area contributed by atoms with Gasteiger partial charge in [0, 0.05) is 17.8 Å². The number of hydrazine groups is 1. The number of hydrogen-bond donors (Lipinski definition) is 4. The molecular formula is C21H28N4O3S2. The number of thiocarbonyl (C=S) groups is 1. The standard InChI is InChI=1S/C21H28N4O3S2/c1-6-22-20(29)24-23-19(26)15-8-11-17(12-9-15)25-30(27,28)18-13-16(21(3,4)5)10-7-14(18)2/h7-13,25H,6H2,1-5H3,(H,23,26)(H2,22,24,29). The largest absolute Gasteiger partial charge is 0.362 e. The second kappa shape index (κ2) is 9.44. The smallest absolute Gasteiger partial charge is 0.269 e. The van der Waals surface area contributed by atoms with E-state index in [0.717, 1.165) is 5.56 Å². The second-order valence-electron chi connectivity index (χ2n) is 7.85. The molecule has 0 fully saturated rings. The monoisotopic (exact) mass is 448 g/mol. The first-order valence-electron chi connectivity index (χ1n) is 9.52. The highest BCUT2D eigenvalue weighted by Gasteiger charge is 2.21. The third-order valence-corrected chi connectivity index (χ3v) is 6.14. The number of carbonyl (C=O) groups excluding carboxylic acids is 1. The summed E-state index contributed by atoms with van der Waals surface area (Å²) in [6.07, 6.45) is 0. The van der Waals surface area contributed by atoms with Gasteiger partial charge in [0.25, 0.3) is 15.9 Å². The van der Waals surface area contributed by atoms with Gasteiger partial charge in [0.05, 0.1) is 4.90 Å². The molecule has 2 aromatic carbocycles. The highest BCUT2D eigenvalue weighted by atomic mass is 32.2. The van der Waals surface area contributed by atoms with E-state index in [2.05, 4.69) is 20.9 Å². The molecule has 2 rings (SSSR count). The molecule has 0 saturated carbocycles. The average molecular weight is 449 g/mol. The van der Waals surface area contributed by atoms with Gasteiger partial charge in [0.2, 0.25) is 0 Å². The lowest BCUT2D eigenvalue weighted by Gasteiger charge is -2.21. The Hall–Kier alpha value is -2.65. The van der Waals surface area contributed by atoms with Gasteiger partial charge in [-0.1, -0.05) is 32.9 Å². The van der Waals surface area contributed by atoms with Gasteiger partial charge in [0.1, 0.15) is 0 Å². The van der Waals surface area contributed by atoms with Crippen molar-refractivity contribution in [1.82, 2.24) is 16.2 Å². The Morgan fingerprint density at radius 1 is 1.03 bits per heavy atom. The van der Waals surface area contributed by atoms with Gasteiger partial charge in [-0.2, -0.15) is 0 Å². The molecule has 0 radical (unpaired) electrons. The van der Waals surface area contributed by atoms with Gasteiger partial charge in [-0.15, -0.1) is 0 Å². The van der Waals surface area contributed by atoms with Gasteiger partial charge >= 0.3 is 0 Å². The molecule has 0 aliphatic heterocycles. The van der Waals surface area contributed by atoms with Crippen LogP contribution in [0.3, 0.4) is 0 Å². The molecule has 1 amide bonds. The Morgan fingerprint density at radius 3 is 2.23 bits per heavy atom. The number of aryl methyl sites for hydroxylation is 1. The van der Waals surface area contributed by atoms with E-state index in [1.165, 1.54) is 24.3 Å². The molecule has 30 heavy (non-hydrogen) atoms. The Balaban J connectivity index is 2.15. The number of anilines is 1. The van der Waals surface area contributed by atoms with Crippen LogP contribution in [-0.4, -0.2) is 26.0 Å². The number of sulfonamides is 1. The van der Waals surface area contributed by atoms with E-state index in [-0.39, 0.29) is 10.3 Å². The lowest BCUT2D eigenvalue weighted by atomic mass is 9.87. The van der Waals surface area contributed by atoms with Crippen molar-refractivity contribution < 1.29 is 13.2 Å². The first-order valence-corrected chi connectivity index (χ1v) is 11.4. The molecule has 2 aromatic rings. The summed E-state index contributed by atoms with van der Waals surface area (Å²) >= 11 is 4.98. The summed E-state index contributed by atoms with van der Waals surface area (Å²) in [7, 11) is -3.78. The van der Waals surface area contributed by atoms with Crippen molar-refractivity contribution in [3.63, 3.8) is 0 Å². The third kappa shape index (κ3) is 6.17. The van der Waals surface area contributed by atoms with Crippen LogP contribution in [0.25, 0.3) is 0 Å². The van der Waals surface area contributed by atoms with Crippen LogP contribution in [-0.2, 0) is 15.4 Å². The van der Waals surface area contributed by atoms with E-state index < -0.39 is 15.9 Å². The van der Waals surface area contributed by atoms with E-state index in [0.29, 0.717) is 28.5 Å². The lowest BCUT2D eigenvalue weighted by Crippen LogP contribution is -2.46. The van der Waals surface area contributed by atoms with Crippen LogP contribution in [0.5, 0.6) is 0 Å². The summed E-state index contributed by atoms with van der Waals surface area (Å²) in [6.45, 7) is 10.4. The van der Waals surface area contributed by atoms with E-state index in [1.807, 2.05) is 39.8 Å². The van der Waals surface area contributed by atoms with Gasteiger partial charge in [-0.25, -0.2) is 8.42 Å². The van der Waals surface area contributed by atoms with Gasteiger partial charge in [0.15, 0.2) is 5.11 Å². The number of hydrogen-bond acceptors (Lipinski definition) is 4. The van der Waals surface area contributed by atoms with E-state index in [9.17, 15) is 13.2 Å². The zero-order valence-electron chi connectivity index (χ0n) is 17.8. The third-order valence-electron chi connectivity index (χ3n) is 4.37. The summed E-state index contributed by atoms with van der Waals surface area (Å²) in [5, 5.41) is 3.16. The van der Waals surface area contributed by atoms with Crippen molar-refractivity contribution >= 4 is 38.9 Å². The Labute approximate surface area is 183 Å². The Morgan fingerprint density at radius 2 is 1.67 bits per heavy atom. The van der Waals surface area contributed by atoms with Crippen molar-refractivity contribution in [2.24, 2.45) is 0 Å². The van der Waals surface area contributed by atoms with Gasteiger partial charge in [-0.05, 0) is 72.9 Å². The van der Waals surface area contributed by atoms with E-state index in [4.69, 9.17) is 12.2 Å². The molecule has 0 saturated heterocycles. The molecule has 0 atom stereocenters. The van der Waals surface area contributed by atoms with Crippen molar-refractivity contribution in [2.75, 3.05) is 11.3 Å². The molecule has 4 N–H and O–H groups in total. The van der Waals surface area contributed by atoms with Crippen molar-refractivity contribution in [2.45, 2.75) is 44.9 Å². The zero-order chi connectivity index (χ0) is 22.5. The summed E-state index contributed by atoms with van der Waals surface area (Å²) in [6, 6.07) is 11.6. The maximum absolute atomic E-state index is 12.9. The predicted molar refractivity (Wildman–Crippen MR) is 124 cm³/mol. The molecule has 0 bridgehead atoms. The quantitative estimate of drug-likeness (QED) is 0.414. The molecule has 0 unspecified atom stereocenters. The summed E-state index contributed by atoms with van der Waals surface area (Å²) < 4.78 is 28.5. The van der Waals surface area contributed by atoms with Gasteiger partial charge in [-0.3, -0.25) is 20.4 Å². The highest BCUT2D eigenvalue weighted by Crippen LogP contribution is 2.27. The topological polar surface area (TPSA) is 99.3 Å². The molecular weight excluding hydrogens is 420 g/mol. The molecule has 0 aliphatic carbocycles. The molecule has 0 spiro atoms. The van der Waals surface area contributed by atoms with Crippen molar-refractivity contribution in [1.29, 1.82) is 0 Å². The number of carbonyl (C=O) groups is 1. The summed E-state index contributed by atoms with van der Waals surface area (Å²) in [4.78, 5) is 12.4. The normalized spacial score (nSPS) is 11.5. The van der Waals surface area contributed by atoms with E-state index in [1.54, 1.807) is 13.0 Å². The van der Waals surface area contributed by atoms with Crippen LogP contribution in [0.15, 0.2) is 47.4 Å². The second-order valence-corrected chi connectivity index (χ2v) is 9.91. The Kier molecular flexibility index (Phi) is 7.44. The minimum atomic E-state index is -3.78. The van der Waals surface area contributed by atoms with Crippen LogP contribution in [0.1, 0.15) is 49.2 Å². The van der Waals surface area contributed by atoms with Crippen molar-refractivity contribution in [3.8, 4) is 0 Å². The first-order chi connectivity index (χ1) is 13.9. The fraction of sp³-hybridized carbons (Fsp3) is 0.333. The number of nitrogens with one attached hydrogen (secondary N) is 4. The predicted octanol–water partition coefficient (Wildman–Crippen LogP) is 3.22. The highest BCUT2D eigenvalue weighted by molar-refractivity contribution is 7.92. The lowest BCUT2D eigenvalue weighted by molar-refractivity contribution is 0.0943. The number of rotatable bonds is 5. The first kappa shape index (κ1) is 23.6. The summed E-state index contributed by atoms with van der Waals surface area (Å²) in [5.74, 6) is -0.390. The fourth-order valence-corrected chi connectivity index (χ4v) is 4.17. The van der Waals surface area contributed by atoms with Crippen LogP contribution in [0, 0.1) is 6.92 Å². The molecule has 0 heterocycles. The van der Waals surface area contributed by atoms with Gasteiger partial charge < -0.3 is 5.32 Å². The SMILES string of the molecule is CCNC(=S)NNC(=O)c1ccc(NS(=O)(=O)c2cc(C(C)(C)C)ccc2C)cc1. The van der Waals surface area contributed by atoms with Crippen molar-refractivity contribution in [3.05, 3.63) is 59.2 Å². The molecule has 7 nitrogen and oxygen atoms in total. The molecule has 9 heteroatoms. The minimum Gasteiger partial charge on any atom is -0.362 e. The average Bonchev–Trinajstić information content (AvgIpc) is 2.66. The van der Waals surface area contributed by atoms with Crippen LogP contribution >= 0.6 is 12.2 Å². The zero-order valence-corrected chi connectivity index (χ0v) is 19.4. The number of amides is 1. The summed E-state index contributed by atoms with van der Waals surface area (Å²) in [5.41, 5.74) is 7.21. The van der Waals surface area contributed by atoms with E-state index >= 15 is 0 Å². The fourth-order valence-electron chi connectivity index (χ4n) is 2.65. The maximum atomic E-state index is 12.9. The molecule has 0 aliphatic rings. The number of benzene rings is 2. The minimum absolute atomic E-state index is 0.171. The maximum Gasteiger partial charge on any atom is 0.269 e. The van der Waals surface area contributed by atoms with Crippen LogP contribution in [0.2, 0.25) is 0 Å². The molecule has 162 valence electrons. The molecule has 0 aromatic heterocycles.